The van der Waals surface area contributed by atoms with Gasteiger partial charge in [-0.05, 0) is 0 Å². The number of carbonyl (C=O) groups is 3. The Morgan fingerprint density at radius 1 is 1.37 bits per heavy atom. The van der Waals surface area contributed by atoms with Crippen LogP contribution in [0.5, 0.6) is 0 Å². The molecule has 1 atom stereocenters. The summed E-state index contributed by atoms with van der Waals surface area (Å²) in [6.45, 7) is 2.04. The van der Waals surface area contributed by atoms with Crippen LogP contribution in [0.25, 0.3) is 0 Å². The molecule has 0 aliphatic heterocycles. The van der Waals surface area contributed by atoms with Crippen LogP contribution in [0.15, 0.2) is 0 Å². The van der Waals surface area contributed by atoms with E-state index in [1.807, 2.05) is 0 Å². The SMILES string of the molecule is COCCNC(=O)CN(C)C(=O)C(CS)NC(C)=O. The molecular weight excluding hydrogens is 270 g/mol. The van der Waals surface area contributed by atoms with Gasteiger partial charge in [-0.1, -0.05) is 0 Å². The Hall–Kier alpha value is -1.28. The van der Waals surface area contributed by atoms with E-state index in [0.717, 1.165) is 0 Å². The monoisotopic (exact) mass is 291 g/mol. The van der Waals surface area contributed by atoms with Crippen molar-refractivity contribution in [2.24, 2.45) is 0 Å². The summed E-state index contributed by atoms with van der Waals surface area (Å²) >= 11 is 4.00. The summed E-state index contributed by atoms with van der Waals surface area (Å²) in [5, 5.41) is 5.08. The van der Waals surface area contributed by atoms with E-state index in [1.54, 1.807) is 0 Å². The molecule has 0 saturated heterocycles. The Morgan fingerprint density at radius 2 is 2.00 bits per heavy atom. The van der Waals surface area contributed by atoms with Gasteiger partial charge in [-0.15, -0.1) is 0 Å². The zero-order chi connectivity index (χ0) is 14.8. The zero-order valence-electron chi connectivity index (χ0n) is 11.4. The molecule has 0 saturated carbocycles. The normalized spacial score (nSPS) is 11.6. The molecule has 0 rings (SSSR count). The summed E-state index contributed by atoms with van der Waals surface area (Å²) < 4.78 is 4.79. The van der Waals surface area contributed by atoms with Crippen LogP contribution in [-0.4, -0.2) is 68.3 Å². The van der Waals surface area contributed by atoms with E-state index < -0.39 is 6.04 Å². The zero-order valence-corrected chi connectivity index (χ0v) is 12.3. The number of nitrogens with one attached hydrogen (secondary N) is 2. The van der Waals surface area contributed by atoms with Gasteiger partial charge < -0.3 is 20.3 Å². The van der Waals surface area contributed by atoms with E-state index in [4.69, 9.17) is 4.74 Å². The second-order valence-corrected chi connectivity index (χ2v) is 4.34. The standard InChI is InChI=1S/C11H21N3O4S/c1-8(15)13-9(7-19)11(17)14(2)6-10(16)12-4-5-18-3/h9,19H,4-7H2,1-3H3,(H,12,16)(H,13,15). The van der Waals surface area contributed by atoms with Crippen molar-refractivity contribution in [3.63, 3.8) is 0 Å². The molecular formula is C11H21N3O4S. The van der Waals surface area contributed by atoms with Crippen LogP contribution in [-0.2, 0) is 19.1 Å². The number of thiol groups is 1. The van der Waals surface area contributed by atoms with Gasteiger partial charge in [0.25, 0.3) is 0 Å². The third-order valence-corrected chi connectivity index (χ3v) is 2.61. The van der Waals surface area contributed by atoms with E-state index in [1.165, 1.54) is 26.0 Å². The highest BCUT2D eigenvalue weighted by Crippen LogP contribution is 1.95. The minimum Gasteiger partial charge on any atom is -0.383 e. The van der Waals surface area contributed by atoms with Crippen LogP contribution in [0.4, 0.5) is 0 Å². The van der Waals surface area contributed by atoms with Gasteiger partial charge in [-0.2, -0.15) is 12.6 Å². The Morgan fingerprint density at radius 3 is 2.47 bits per heavy atom. The molecule has 0 bridgehead atoms. The molecule has 110 valence electrons. The lowest BCUT2D eigenvalue weighted by Gasteiger charge is -2.22. The third kappa shape index (κ3) is 7.68. The van der Waals surface area contributed by atoms with Gasteiger partial charge in [0, 0.05) is 33.4 Å². The Kier molecular flexibility index (Phi) is 8.98. The van der Waals surface area contributed by atoms with Gasteiger partial charge in [0.1, 0.15) is 6.04 Å². The topological polar surface area (TPSA) is 87.7 Å². The first kappa shape index (κ1) is 17.7. The number of nitrogens with zero attached hydrogens (tertiary/aromatic N) is 1. The Bertz CT molecular complexity index is 325. The van der Waals surface area contributed by atoms with E-state index in [9.17, 15) is 14.4 Å². The van der Waals surface area contributed by atoms with Crippen molar-refractivity contribution in [2.75, 3.05) is 39.6 Å². The molecule has 0 radical (unpaired) electrons. The van der Waals surface area contributed by atoms with E-state index in [0.29, 0.717) is 13.2 Å². The van der Waals surface area contributed by atoms with Crippen molar-refractivity contribution in [2.45, 2.75) is 13.0 Å². The maximum absolute atomic E-state index is 11.9. The number of ether oxygens (including phenoxy) is 1. The average Bonchev–Trinajstić information content (AvgIpc) is 2.35. The van der Waals surface area contributed by atoms with Crippen molar-refractivity contribution < 1.29 is 19.1 Å². The van der Waals surface area contributed by atoms with Crippen LogP contribution in [0.2, 0.25) is 0 Å². The van der Waals surface area contributed by atoms with Gasteiger partial charge in [-0.3, -0.25) is 14.4 Å². The molecule has 2 N–H and O–H groups in total. The number of carbonyl (C=O) groups excluding carboxylic acids is 3. The van der Waals surface area contributed by atoms with E-state index >= 15 is 0 Å². The van der Waals surface area contributed by atoms with Crippen LogP contribution in [0.3, 0.4) is 0 Å². The fraction of sp³-hybridized carbons (Fsp3) is 0.727. The first-order valence-electron chi connectivity index (χ1n) is 5.81. The highest BCUT2D eigenvalue weighted by Gasteiger charge is 2.22. The highest BCUT2D eigenvalue weighted by molar-refractivity contribution is 7.80. The van der Waals surface area contributed by atoms with Crippen molar-refractivity contribution in [3.8, 4) is 0 Å². The molecule has 3 amide bonds. The molecule has 0 heterocycles. The molecule has 0 fully saturated rings. The highest BCUT2D eigenvalue weighted by atomic mass is 32.1. The molecule has 0 spiro atoms. The lowest BCUT2D eigenvalue weighted by atomic mass is 10.3. The number of amides is 3. The van der Waals surface area contributed by atoms with Gasteiger partial charge in [0.05, 0.1) is 13.2 Å². The molecule has 19 heavy (non-hydrogen) atoms. The first-order chi connectivity index (χ1) is 8.92. The fourth-order valence-electron chi connectivity index (χ4n) is 1.34. The molecule has 1 unspecified atom stereocenters. The molecule has 0 aromatic heterocycles. The fourth-order valence-corrected chi connectivity index (χ4v) is 1.59. The molecule has 7 nitrogen and oxygen atoms in total. The van der Waals surface area contributed by atoms with Crippen molar-refractivity contribution in [1.29, 1.82) is 0 Å². The molecule has 0 aliphatic rings. The molecule has 0 aromatic carbocycles. The lowest BCUT2D eigenvalue weighted by Crippen LogP contribution is -2.50. The number of methoxy groups -OCH3 is 1. The van der Waals surface area contributed by atoms with Crippen molar-refractivity contribution in [3.05, 3.63) is 0 Å². The predicted octanol–water partition coefficient (Wildman–Crippen LogP) is -1.36. The maximum Gasteiger partial charge on any atom is 0.246 e. The van der Waals surface area contributed by atoms with Crippen LogP contribution < -0.4 is 10.6 Å². The van der Waals surface area contributed by atoms with E-state index in [2.05, 4.69) is 23.3 Å². The summed E-state index contributed by atoms with van der Waals surface area (Å²) in [5.41, 5.74) is 0. The number of hydrogen-bond acceptors (Lipinski definition) is 5. The van der Waals surface area contributed by atoms with Crippen LogP contribution in [0.1, 0.15) is 6.92 Å². The average molecular weight is 291 g/mol. The maximum atomic E-state index is 11.9. The van der Waals surface area contributed by atoms with E-state index in [-0.39, 0.29) is 30.0 Å². The summed E-state index contributed by atoms with van der Waals surface area (Å²) in [4.78, 5) is 35.6. The summed E-state index contributed by atoms with van der Waals surface area (Å²) in [6.07, 6.45) is 0. The van der Waals surface area contributed by atoms with Crippen molar-refractivity contribution >= 4 is 30.4 Å². The minimum atomic E-state index is -0.724. The summed E-state index contributed by atoms with van der Waals surface area (Å²) in [5.74, 6) is -0.778. The Labute approximate surface area is 118 Å². The quantitative estimate of drug-likeness (QED) is 0.381. The minimum absolute atomic E-state index is 0.0770. The van der Waals surface area contributed by atoms with Gasteiger partial charge >= 0.3 is 0 Å². The number of likely N-dealkylation sites (N-methyl/N-ethyl adjacent to an activating group) is 1. The lowest BCUT2D eigenvalue weighted by molar-refractivity contribution is -0.137. The predicted molar refractivity (Wildman–Crippen MR) is 74.0 cm³/mol. The smallest absolute Gasteiger partial charge is 0.246 e. The molecule has 8 heteroatoms. The second-order valence-electron chi connectivity index (χ2n) is 3.97. The largest absolute Gasteiger partial charge is 0.383 e. The Balaban J connectivity index is 4.23. The van der Waals surface area contributed by atoms with Gasteiger partial charge in [0.15, 0.2) is 0 Å². The van der Waals surface area contributed by atoms with Crippen LogP contribution >= 0.6 is 12.6 Å². The molecule has 0 aromatic rings. The second kappa shape index (κ2) is 9.62. The number of rotatable bonds is 8. The summed E-state index contributed by atoms with van der Waals surface area (Å²) in [7, 11) is 3.03. The van der Waals surface area contributed by atoms with Crippen LogP contribution in [0, 0.1) is 0 Å². The van der Waals surface area contributed by atoms with Gasteiger partial charge in [-0.25, -0.2) is 0 Å². The van der Waals surface area contributed by atoms with Gasteiger partial charge in [0.2, 0.25) is 17.7 Å². The third-order valence-electron chi connectivity index (χ3n) is 2.24. The van der Waals surface area contributed by atoms with Crippen molar-refractivity contribution in [1.82, 2.24) is 15.5 Å². The summed E-state index contributed by atoms with van der Waals surface area (Å²) in [6, 6.07) is -0.724. The first-order valence-corrected chi connectivity index (χ1v) is 6.44. The number of hydrogen-bond donors (Lipinski definition) is 3. The molecule has 0 aliphatic carbocycles.